The van der Waals surface area contributed by atoms with Gasteiger partial charge in [0.1, 0.15) is 0 Å². The second kappa shape index (κ2) is 5.65. The van der Waals surface area contributed by atoms with Crippen molar-refractivity contribution in [2.24, 2.45) is 0 Å². The Balaban J connectivity index is 2.74. The Hall–Kier alpha value is -0.170. The minimum atomic E-state index is -3.07. The molecule has 1 aliphatic heterocycles. The second-order valence-corrected chi connectivity index (χ2v) is 7.31. The van der Waals surface area contributed by atoms with E-state index in [2.05, 4.69) is 16.7 Å². The van der Waals surface area contributed by atoms with Gasteiger partial charge in [-0.3, -0.25) is 4.90 Å². The SMILES string of the molecule is CCN(C(C)CN(C)C)C1CS(=O)(=O)CC1O. The van der Waals surface area contributed by atoms with E-state index in [0.29, 0.717) is 0 Å². The van der Waals surface area contributed by atoms with E-state index in [1.54, 1.807) is 0 Å². The summed E-state index contributed by atoms with van der Waals surface area (Å²) in [4.78, 5) is 4.17. The normalized spacial score (nSPS) is 30.1. The van der Waals surface area contributed by atoms with Crippen molar-refractivity contribution in [1.82, 2.24) is 9.80 Å². The quantitative estimate of drug-likeness (QED) is 0.720. The fourth-order valence-corrected chi connectivity index (χ4v) is 4.45. The molecule has 1 heterocycles. The first kappa shape index (κ1) is 14.9. The van der Waals surface area contributed by atoms with Crippen LogP contribution in [0.2, 0.25) is 0 Å². The first-order valence-corrected chi connectivity index (χ1v) is 7.88. The van der Waals surface area contributed by atoms with Crippen LogP contribution in [0, 0.1) is 0 Å². The summed E-state index contributed by atoms with van der Waals surface area (Å²) in [5, 5.41) is 9.87. The number of aliphatic hydroxyl groups is 1. The van der Waals surface area contributed by atoms with Gasteiger partial charge in [-0.2, -0.15) is 0 Å². The van der Waals surface area contributed by atoms with Crippen molar-refractivity contribution in [3.8, 4) is 0 Å². The predicted octanol–water partition coefficient (Wildman–Crippen LogP) is -0.584. The van der Waals surface area contributed by atoms with Gasteiger partial charge in [-0.1, -0.05) is 6.92 Å². The molecule has 0 aromatic rings. The average Bonchev–Trinajstić information content (AvgIpc) is 2.40. The number of sulfone groups is 1. The number of hydrogen-bond donors (Lipinski definition) is 1. The molecule has 0 spiro atoms. The van der Waals surface area contributed by atoms with Gasteiger partial charge >= 0.3 is 0 Å². The largest absolute Gasteiger partial charge is 0.390 e. The second-order valence-electron chi connectivity index (χ2n) is 5.15. The summed E-state index contributed by atoms with van der Waals surface area (Å²) >= 11 is 0. The van der Waals surface area contributed by atoms with Gasteiger partial charge in [0, 0.05) is 12.6 Å². The molecule has 0 saturated carbocycles. The van der Waals surface area contributed by atoms with Crippen LogP contribution in [0.15, 0.2) is 0 Å². The molecule has 3 unspecified atom stereocenters. The van der Waals surface area contributed by atoms with E-state index in [9.17, 15) is 13.5 Å². The van der Waals surface area contributed by atoms with Gasteiger partial charge in [0.25, 0.3) is 0 Å². The summed E-state index contributed by atoms with van der Waals surface area (Å²) in [6.07, 6.45) is -0.746. The van der Waals surface area contributed by atoms with Crippen LogP contribution in [0.5, 0.6) is 0 Å². The molecule has 0 radical (unpaired) electrons. The van der Waals surface area contributed by atoms with E-state index in [1.807, 2.05) is 21.0 Å². The maximum atomic E-state index is 11.5. The third kappa shape index (κ3) is 3.91. The molecule has 1 rings (SSSR count). The van der Waals surface area contributed by atoms with Gasteiger partial charge in [0.15, 0.2) is 9.84 Å². The van der Waals surface area contributed by atoms with Gasteiger partial charge < -0.3 is 10.0 Å². The molecular formula is C11H24N2O3S. The zero-order valence-corrected chi connectivity index (χ0v) is 11.9. The molecular weight excluding hydrogens is 240 g/mol. The number of rotatable bonds is 5. The zero-order valence-electron chi connectivity index (χ0n) is 11.1. The summed E-state index contributed by atoms with van der Waals surface area (Å²) in [7, 11) is 0.917. The summed E-state index contributed by atoms with van der Waals surface area (Å²) in [6.45, 7) is 5.69. The molecule has 0 aliphatic carbocycles. The lowest BCUT2D eigenvalue weighted by atomic mass is 10.1. The summed E-state index contributed by atoms with van der Waals surface area (Å²) in [5.41, 5.74) is 0. The summed E-state index contributed by atoms with van der Waals surface area (Å²) in [6, 6.07) is -0.0112. The molecule has 0 aromatic carbocycles. The molecule has 6 heteroatoms. The Kier molecular flexibility index (Phi) is 4.95. The molecule has 5 nitrogen and oxygen atoms in total. The molecule has 0 amide bonds. The van der Waals surface area contributed by atoms with E-state index in [-0.39, 0.29) is 23.6 Å². The van der Waals surface area contributed by atoms with Crippen LogP contribution < -0.4 is 0 Å². The van der Waals surface area contributed by atoms with Gasteiger partial charge in [-0.25, -0.2) is 8.42 Å². The minimum Gasteiger partial charge on any atom is -0.390 e. The monoisotopic (exact) mass is 264 g/mol. The lowest BCUT2D eigenvalue weighted by Gasteiger charge is -2.35. The van der Waals surface area contributed by atoms with Crippen LogP contribution in [0.1, 0.15) is 13.8 Å². The van der Waals surface area contributed by atoms with Crippen molar-refractivity contribution in [1.29, 1.82) is 0 Å². The Bertz CT molecular complexity index is 343. The van der Waals surface area contributed by atoms with Crippen LogP contribution in [0.4, 0.5) is 0 Å². The lowest BCUT2D eigenvalue weighted by Crippen LogP contribution is -2.50. The average molecular weight is 264 g/mol. The molecule has 102 valence electrons. The Morgan fingerprint density at radius 2 is 1.94 bits per heavy atom. The van der Waals surface area contributed by atoms with E-state index < -0.39 is 15.9 Å². The Morgan fingerprint density at radius 1 is 1.35 bits per heavy atom. The molecule has 3 atom stereocenters. The van der Waals surface area contributed by atoms with Crippen LogP contribution >= 0.6 is 0 Å². The summed E-state index contributed by atoms with van der Waals surface area (Å²) < 4.78 is 23.0. The van der Waals surface area contributed by atoms with Gasteiger partial charge in [0.05, 0.1) is 23.7 Å². The standard InChI is InChI=1S/C11H24N2O3S/c1-5-13(9(2)6-12(3)4)10-7-17(15,16)8-11(10)14/h9-11,14H,5-8H2,1-4H3. The van der Waals surface area contributed by atoms with Gasteiger partial charge in [-0.05, 0) is 27.6 Å². The first-order chi connectivity index (χ1) is 7.76. The van der Waals surface area contributed by atoms with Crippen molar-refractivity contribution in [3.05, 3.63) is 0 Å². The van der Waals surface area contributed by atoms with Gasteiger partial charge in [-0.15, -0.1) is 0 Å². The van der Waals surface area contributed by atoms with E-state index in [1.165, 1.54) is 0 Å². The van der Waals surface area contributed by atoms with Crippen molar-refractivity contribution in [2.45, 2.75) is 32.0 Å². The predicted molar refractivity (Wildman–Crippen MR) is 68.8 cm³/mol. The Morgan fingerprint density at radius 3 is 2.29 bits per heavy atom. The van der Waals surface area contributed by atoms with E-state index >= 15 is 0 Å². The molecule has 0 aromatic heterocycles. The maximum absolute atomic E-state index is 11.5. The fourth-order valence-electron chi connectivity index (χ4n) is 2.63. The molecule has 1 aliphatic rings. The molecule has 1 saturated heterocycles. The van der Waals surface area contributed by atoms with Crippen molar-refractivity contribution in [2.75, 3.05) is 38.7 Å². The maximum Gasteiger partial charge on any atom is 0.154 e. The highest BCUT2D eigenvalue weighted by Crippen LogP contribution is 2.20. The van der Waals surface area contributed by atoms with Crippen LogP contribution in [-0.4, -0.2) is 80.2 Å². The van der Waals surface area contributed by atoms with Crippen LogP contribution in [-0.2, 0) is 9.84 Å². The van der Waals surface area contributed by atoms with Gasteiger partial charge in [0.2, 0.25) is 0 Å². The van der Waals surface area contributed by atoms with E-state index in [4.69, 9.17) is 0 Å². The van der Waals surface area contributed by atoms with Crippen molar-refractivity contribution >= 4 is 9.84 Å². The molecule has 0 bridgehead atoms. The van der Waals surface area contributed by atoms with Crippen molar-refractivity contribution < 1.29 is 13.5 Å². The molecule has 1 N–H and O–H groups in total. The van der Waals surface area contributed by atoms with Crippen molar-refractivity contribution in [3.63, 3.8) is 0 Å². The zero-order chi connectivity index (χ0) is 13.2. The number of nitrogens with zero attached hydrogens (tertiary/aromatic N) is 2. The third-order valence-corrected chi connectivity index (χ3v) is 4.98. The smallest absolute Gasteiger partial charge is 0.154 e. The highest BCUT2D eigenvalue weighted by Gasteiger charge is 2.40. The number of likely N-dealkylation sites (N-methyl/N-ethyl adjacent to an activating group) is 2. The molecule has 17 heavy (non-hydrogen) atoms. The highest BCUT2D eigenvalue weighted by molar-refractivity contribution is 7.91. The number of hydrogen-bond acceptors (Lipinski definition) is 5. The Labute approximate surface area is 104 Å². The fraction of sp³-hybridized carbons (Fsp3) is 1.00. The van der Waals surface area contributed by atoms with Crippen LogP contribution in [0.25, 0.3) is 0 Å². The highest BCUT2D eigenvalue weighted by atomic mass is 32.2. The third-order valence-electron chi connectivity index (χ3n) is 3.28. The topological polar surface area (TPSA) is 60.9 Å². The minimum absolute atomic E-state index is 0.0831. The van der Waals surface area contributed by atoms with Crippen LogP contribution in [0.3, 0.4) is 0 Å². The lowest BCUT2D eigenvalue weighted by molar-refractivity contribution is 0.0543. The molecule has 1 fully saturated rings. The number of aliphatic hydroxyl groups excluding tert-OH is 1. The first-order valence-electron chi connectivity index (χ1n) is 6.05. The summed E-state index contributed by atoms with van der Waals surface area (Å²) in [5.74, 6) is -0.0113. The van der Waals surface area contributed by atoms with E-state index in [0.717, 1.165) is 13.1 Å².